The van der Waals surface area contributed by atoms with Crippen LogP contribution in [0.15, 0.2) is 41.8 Å². The van der Waals surface area contributed by atoms with Crippen molar-refractivity contribution >= 4 is 40.5 Å². The first kappa shape index (κ1) is 29.8. The summed E-state index contributed by atoms with van der Waals surface area (Å²) >= 11 is 7.75. The highest BCUT2D eigenvalue weighted by Crippen LogP contribution is 2.45. The first-order valence-corrected chi connectivity index (χ1v) is 14.1. The van der Waals surface area contributed by atoms with E-state index in [0.717, 1.165) is 0 Å². The van der Waals surface area contributed by atoms with Crippen LogP contribution in [0.1, 0.15) is 59.4 Å². The summed E-state index contributed by atoms with van der Waals surface area (Å²) in [5.74, 6) is -0.297. The number of carbonyl (C=O) groups excluding carboxylic acids is 1. The number of nitrogens with zero attached hydrogens (tertiary/aromatic N) is 2. The molecule has 0 bridgehead atoms. The third kappa shape index (κ3) is 6.41. The molecular weight excluding hydrogens is 556 g/mol. The first-order chi connectivity index (χ1) is 19.1. The number of thiazole rings is 1. The minimum Gasteiger partial charge on any atom is -0.493 e. The highest BCUT2D eigenvalue weighted by molar-refractivity contribution is 7.09. The molecule has 9 nitrogen and oxygen atoms in total. The van der Waals surface area contributed by atoms with Crippen LogP contribution in [0, 0.1) is 5.41 Å². The third-order valence-electron chi connectivity index (χ3n) is 6.76. The summed E-state index contributed by atoms with van der Waals surface area (Å²) in [6.45, 7) is 3.92. The van der Waals surface area contributed by atoms with Crippen LogP contribution in [0.3, 0.4) is 0 Å². The van der Waals surface area contributed by atoms with Crippen LogP contribution >= 0.6 is 22.9 Å². The lowest BCUT2D eigenvalue weighted by Gasteiger charge is -2.32. The van der Waals surface area contributed by atoms with Gasteiger partial charge in [0.2, 0.25) is 0 Å². The maximum Gasteiger partial charge on any atom is 0.355 e. The average Bonchev–Trinajstić information content (AvgIpc) is 3.39. The molecule has 0 saturated carbocycles. The Morgan fingerprint density at radius 1 is 1.20 bits per heavy atom. The zero-order chi connectivity index (χ0) is 29.0. The molecule has 0 unspecified atom stereocenters. The summed E-state index contributed by atoms with van der Waals surface area (Å²) in [6, 6.07) is 10.8. The minimum atomic E-state index is -1.07. The molecule has 1 aliphatic heterocycles. The molecule has 3 aromatic rings. The zero-order valence-corrected chi connectivity index (χ0v) is 24.4. The van der Waals surface area contributed by atoms with Crippen molar-refractivity contribution in [3.8, 4) is 11.5 Å². The van der Waals surface area contributed by atoms with E-state index in [1.807, 2.05) is 26.0 Å². The third-order valence-corrected chi connectivity index (χ3v) is 7.91. The number of halogens is 1. The molecule has 214 valence electrons. The predicted octanol–water partition coefficient (Wildman–Crippen LogP) is 5.37. The molecule has 4 rings (SSSR count). The number of benzene rings is 2. The number of hydrogen-bond donors (Lipinski definition) is 2. The Morgan fingerprint density at radius 3 is 2.62 bits per heavy atom. The number of methoxy groups -OCH3 is 2. The van der Waals surface area contributed by atoms with Crippen molar-refractivity contribution in [1.82, 2.24) is 4.98 Å². The molecule has 0 radical (unpaired) electrons. The van der Waals surface area contributed by atoms with Crippen molar-refractivity contribution in [3.63, 3.8) is 0 Å². The first-order valence-electron chi connectivity index (χ1n) is 12.8. The van der Waals surface area contributed by atoms with Crippen molar-refractivity contribution in [2.75, 3.05) is 32.3 Å². The van der Waals surface area contributed by atoms with Gasteiger partial charge in [0.05, 0.1) is 19.2 Å². The number of hydrogen-bond acceptors (Lipinski definition) is 8. The fraction of sp³-hybridized carbons (Fsp3) is 0.414. The zero-order valence-electron chi connectivity index (χ0n) is 22.8. The Balaban J connectivity index is 1.76. The number of para-hydroxylation sites is 1. The average molecular weight is 589 g/mol. The van der Waals surface area contributed by atoms with Gasteiger partial charge in [-0.3, -0.25) is 4.79 Å². The van der Waals surface area contributed by atoms with Gasteiger partial charge in [-0.05, 0) is 43.5 Å². The van der Waals surface area contributed by atoms with Gasteiger partial charge < -0.3 is 29.3 Å². The fourth-order valence-corrected chi connectivity index (χ4v) is 5.72. The van der Waals surface area contributed by atoms with Gasteiger partial charge in [0.25, 0.3) is 5.91 Å². The topological polar surface area (TPSA) is 118 Å². The van der Waals surface area contributed by atoms with Crippen LogP contribution in [-0.4, -0.2) is 60.5 Å². The Morgan fingerprint density at radius 2 is 1.98 bits per heavy atom. The Bertz CT molecular complexity index is 1380. The standard InChI is InChI=1S/C29H33ClN2O7S/c1-29(2,16-33)15-32-21-12-11-17(30)13-19(21)25(18-7-5-8-22(37-3)26(18)38-4)39-23(27(32)34)9-6-10-24-31-20(14-40-24)28(35)36/h5,7-8,11-14,23,25,33H,6,9-10,15-16H2,1-4H3,(H,35,36)/t23-,25-/m1/s1. The molecular formula is C29H33ClN2O7S. The lowest BCUT2D eigenvalue weighted by Crippen LogP contribution is -2.45. The number of anilines is 1. The number of ether oxygens (including phenoxy) is 3. The Labute approximate surface area is 242 Å². The Kier molecular flexibility index (Phi) is 9.35. The molecule has 11 heteroatoms. The number of aromatic carboxylic acids is 1. The van der Waals surface area contributed by atoms with E-state index in [0.29, 0.717) is 57.6 Å². The molecule has 1 amide bonds. The largest absolute Gasteiger partial charge is 0.493 e. The molecule has 2 atom stereocenters. The van der Waals surface area contributed by atoms with Crippen LogP contribution in [-0.2, 0) is 16.0 Å². The minimum absolute atomic E-state index is 0.0108. The second-order valence-corrected chi connectivity index (χ2v) is 11.7. The summed E-state index contributed by atoms with van der Waals surface area (Å²) in [5.41, 5.74) is 1.43. The van der Waals surface area contributed by atoms with Gasteiger partial charge in [-0.1, -0.05) is 37.6 Å². The van der Waals surface area contributed by atoms with E-state index in [1.165, 1.54) is 16.7 Å². The number of aryl methyl sites for hydroxylation is 1. The number of rotatable bonds is 11. The molecule has 2 aromatic carbocycles. The molecule has 2 heterocycles. The second-order valence-electron chi connectivity index (χ2n) is 10.4. The van der Waals surface area contributed by atoms with Crippen molar-refractivity contribution in [2.45, 2.75) is 45.3 Å². The van der Waals surface area contributed by atoms with Gasteiger partial charge in [0.1, 0.15) is 12.2 Å². The van der Waals surface area contributed by atoms with Gasteiger partial charge >= 0.3 is 5.97 Å². The molecule has 40 heavy (non-hydrogen) atoms. The molecule has 2 N–H and O–H groups in total. The van der Waals surface area contributed by atoms with E-state index in [2.05, 4.69) is 4.98 Å². The number of aromatic nitrogens is 1. The van der Waals surface area contributed by atoms with Crippen LogP contribution < -0.4 is 14.4 Å². The number of carbonyl (C=O) groups is 2. The molecule has 0 saturated heterocycles. The van der Waals surface area contributed by atoms with Gasteiger partial charge in [-0.25, -0.2) is 9.78 Å². The monoisotopic (exact) mass is 588 g/mol. The summed E-state index contributed by atoms with van der Waals surface area (Å²) in [4.78, 5) is 31.2. The number of carboxylic acids is 1. The van der Waals surface area contributed by atoms with E-state index in [-0.39, 0.29) is 24.8 Å². The maximum atomic E-state index is 14.1. The molecule has 0 aliphatic carbocycles. The van der Waals surface area contributed by atoms with Gasteiger partial charge in [0, 0.05) is 45.8 Å². The highest BCUT2D eigenvalue weighted by atomic mass is 35.5. The lowest BCUT2D eigenvalue weighted by molar-refractivity contribution is -0.132. The van der Waals surface area contributed by atoms with E-state index < -0.39 is 23.6 Å². The number of carboxylic acid groups (broad SMARTS) is 1. The van der Waals surface area contributed by atoms with Gasteiger partial charge in [-0.2, -0.15) is 0 Å². The molecule has 0 spiro atoms. The van der Waals surface area contributed by atoms with Crippen LogP contribution in [0.2, 0.25) is 5.02 Å². The highest BCUT2D eigenvalue weighted by Gasteiger charge is 2.39. The maximum absolute atomic E-state index is 14.1. The predicted molar refractivity (Wildman–Crippen MR) is 153 cm³/mol. The summed E-state index contributed by atoms with van der Waals surface area (Å²) in [7, 11) is 3.11. The number of aliphatic hydroxyl groups is 1. The normalized spacial score (nSPS) is 17.4. The van der Waals surface area contributed by atoms with Gasteiger partial charge in [0.15, 0.2) is 17.2 Å². The van der Waals surface area contributed by atoms with Crippen LogP contribution in [0.4, 0.5) is 5.69 Å². The SMILES string of the molecule is COc1cccc([C@H]2O[C@H](CCCc3nc(C(=O)O)cs3)C(=O)N(CC(C)(C)CO)c3ccc(Cl)cc32)c1OC. The van der Waals surface area contributed by atoms with Crippen molar-refractivity contribution in [3.05, 3.63) is 68.6 Å². The number of aliphatic hydroxyl groups excluding tert-OH is 1. The fourth-order valence-electron chi connectivity index (χ4n) is 4.72. The van der Waals surface area contributed by atoms with E-state index in [4.69, 9.17) is 25.8 Å². The van der Waals surface area contributed by atoms with Gasteiger partial charge in [-0.15, -0.1) is 11.3 Å². The van der Waals surface area contributed by atoms with E-state index in [9.17, 15) is 19.8 Å². The van der Waals surface area contributed by atoms with Crippen molar-refractivity contribution in [2.24, 2.45) is 5.41 Å². The van der Waals surface area contributed by atoms with E-state index >= 15 is 0 Å². The summed E-state index contributed by atoms with van der Waals surface area (Å²) in [5, 5.41) is 21.9. The molecule has 1 aromatic heterocycles. The van der Waals surface area contributed by atoms with Crippen LogP contribution in [0.25, 0.3) is 0 Å². The van der Waals surface area contributed by atoms with E-state index in [1.54, 1.807) is 43.4 Å². The smallest absolute Gasteiger partial charge is 0.355 e. The molecule has 1 aliphatic rings. The second kappa shape index (κ2) is 12.6. The molecule has 0 fully saturated rings. The lowest BCUT2D eigenvalue weighted by atomic mass is 9.92. The Hall–Kier alpha value is -3.18. The number of fused-ring (bicyclic) bond motifs is 1. The van der Waals surface area contributed by atoms with Crippen LogP contribution in [0.5, 0.6) is 11.5 Å². The summed E-state index contributed by atoms with van der Waals surface area (Å²) < 4.78 is 17.9. The van der Waals surface area contributed by atoms with Crippen molar-refractivity contribution < 1.29 is 34.0 Å². The quantitative estimate of drug-likeness (QED) is 0.307. The van der Waals surface area contributed by atoms with Crippen molar-refractivity contribution in [1.29, 1.82) is 0 Å². The summed E-state index contributed by atoms with van der Waals surface area (Å²) in [6.07, 6.45) is -0.159. The number of amides is 1.